The summed E-state index contributed by atoms with van der Waals surface area (Å²) in [7, 11) is 0. The topological polar surface area (TPSA) is 47.3 Å². The van der Waals surface area contributed by atoms with Crippen molar-refractivity contribution in [3.8, 4) is 0 Å². The maximum absolute atomic E-state index is 5.53. The van der Waals surface area contributed by atoms with Gasteiger partial charge in [-0.15, -0.1) is 0 Å². The van der Waals surface area contributed by atoms with E-state index in [1.165, 1.54) is 0 Å². The molecule has 3 N–H and O–H groups in total. The quantitative estimate of drug-likeness (QED) is 0.572. The molecule has 2 atom stereocenters. The van der Waals surface area contributed by atoms with Gasteiger partial charge < -0.3 is 15.8 Å². The molecule has 0 amide bonds. The van der Waals surface area contributed by atoms with Gasteiger partial charge in [0.15, 0.2) is 0 Å². The van der Waals surface area contributed by atoms with E-state index in [0.29, 0.717) is 12.7 Å². The second-order valence-corrected chi connectivity index (χ2v) is 2.93. The summed E-state index contributed by atoms with van der Waals surface area (Å²) >= 11 is 0. The highest BCUT2D eigenvalue weighted by molar-refractivity contribution is 4.71. The Kier molecular flexibility index (Phi) is 3.12. The van der Waals surface area contributed by atoms with Gasteiger partial charge >= 0.3 is 0 Å². The second-order valence-electron chi connectivity index (χ2n) is 2.93. The summed E-state index contributed by atoms with van der Waals surface area (Å²) in [5.41, 5.74) is 5.53. The molecule has 0 aliphatic carbocycles. The van der Waals surface area contributed by atoms with Crippen LogP contribution in [0.4, 0.5) is 0 Å². The minimum absolute atomic E-state index is 0.167. The lowest BCUT2D eigenvalue weighted by atomic mass is 10.3. The maximum Gasteiger partial charge on any atom is 0.0712 e. The lowest BCUT2D eigenvalue weighted by Crippen LogP contribution is -2.27. The zero-order valence-corrected chi connectivity index (χ0v) is 6.47. The molecule has 2 unspecified atom stereocenters. The molecule has 1 rings (SSSR count). The highest BCUT2D eigenvalue weighted by Gasteiger charge is 2.14. The Labute approximate surface area is 61.9 Å². The normalized spacial score (nSPS) is 28.8. The van der Waals surface area contributed by atoms with E-state index < -0.39 is 0 Å². The Morgan fingerprint density at radius 3 is 3.10 bits per heavy atom. The van der Waals surface area contributed by atoms with Crippen LogP contribution in [0.2, 0.25) is 0 Å². The molecule has 1 saturated heterocycles. The predicted octanol–water partition coefficient (Wildman–Crippen LogP) is -0.288. The monoisotopic (exact) mass is 144 g/mol. The van der Waals surface area contributed by atoms with Crippen LogP contribution in [-0.4, -0.2) is 31.8 Å². The van der Waals surface area contributed by atoms with Crippen molar-refractivity contribution in [3.63, 3.8) is 0 Å². The lowest BCUT2D eigenvalue weighted by Gasteiger charge is -2.11. The van der Waals surface area contributed by atoms with Crippen LogP contribution in [0.25, 0.3) is 0 Å². The molecule has 0 aromatic rings. The third kappa shape index (κ3) is 2.64. The summed E-state index contributed by atoms with van der Waals surface area (Å²) in [5.74, 6) is 0. The first-order valence-corrected chi connectivity index (χ1v) is 3.87. The molecule has 0 radical (unpaired) electrons. The van der Waals surface area contributed by atoms with Crippen LogP contribution >= 0.6 is 0 Å². The van der Waals surface area contributed by atoms with Crippen molar-refractivity contribution in [1.29, 1.82) is 0 Å². The van der Waals surface area contributed by atoms with Crippen LogP contribution in [0.15, 0.2) is 0 Å². The molecular weight excluding hydrogens is 128 g/mol. The second kappa shape index (κ2) is 3.91. The van der Waals surface area contributed by atoms with Crippen molar-refractivity contribution in [2.75, 3.05) is 19.7 Å². The highest BCUT2D eigenvalue weighted by atomic mass is 16.5. The number of rotatable bonds is 3. The molecule has 3 heteroatoms. The Bertz CT molecular complexity index is 89.6. The summed E-state index contributed by atoms with van der Waals surface area (Å²) in [4.78, 5) is 0. The third-order valence-corrected chi connectivity index (χ3v) is 1.61. The van der Waals surface area contributed by atoms with Gasteiger partial charge in [-0.05, 0) is 19.9 Å². The molecule has 1 aliphatic rings. The van der Waals surface area contributed by atoms with Crippen molar-refractivity contribution in [2.45, 2.75) is 25.5 Å². The van der Waals surface area contributed by atoms with E-state index in [2.05, 4.69) is 5.32 Å². The average molecular weight is 144 g/mol. The van der Waals surface area contributed by atoms with E-state index in [1.54, 1.807) is 0 Å². The number of hydrogen-bond donors (Lipinski definition) is 2. The maximum atomic E-state index is 5.53. The summed E-state index contributed by atoms with van der Waals surface area (Å²) in [6.07, 6.45) is 1.54. The van der Waals surface area contributed by atoms with Gasteiger partial charge in [-0.3, -0.25) is 0 Å². The molecule has 60 valence electrons. The van der Waals surface area contributed by atoms with Crippen LogP contribution in [0, 0.1) is 0 Å². The number of nitrogens with two attached hydrogens (primary N) is 1. The molecular formula is C7H16N2O. The van der Waals surface area contributed by atoms with Gasteiger partial charge in [0.05, 0.1) is 12.7 Å². The first-order valence-electron chi connectivity index (χ1n) is 3.87. The standard InChI is InChI=1S/C7H16N2O/c1-6(8)5-10-7-2-3-9-4-7/h6-7,9H,2-5,8H2,1H3. The van der Waals surface area contributed by atoms with Gasteiger partial charge in [0.2, 0.25) is 0 Å². The zero-order valence-electron chi connectivity index (χ0n) is 6.47. The fourth-order valence-electron chi connectivity index (χ4n) is 1.06. The van der Waals surface area contributed by atoms with E-state index in [4.69, 9.17) is 10.5 Å². The fourth-order valence-corrected chi connectivity index (χ4v) is 1.06. The zero-order chi connectivity index (χ0) is 7.40. The Balaban J connectivity index is 2.01. The van der Waals surface area contributed by atoms with Crippen LogP contribution < -0.4 is 11.1 Å². The van der Waals surface area contributed by atoms with Gasteiger partial charge in [-0.2, -0.15) is 0 Å². The van der Waals surface area contributed by atoms with Crippen molar-refractivity contribution in [1.82, 2.24) is 5.32 Å². The summed E-state index contributed by atoms with van der Waals surface area (Å²) < 4.78 is 5.48. The first-order chi connectivity index (χ1) is 4.79. The van der Waals surface area contributed by atoms with Crippen LogP contribution in [0.5, 0.6) is 0 Å². The summed E-state index contributed by atoms with van der Waals surface area (Å²) in [6.45, 7) is 4.73. The van der Waals surface area contributed by atoms with E-state index in [1.807, 2.05) is 6.92 Å². The van der Waals surface area contributed by atoms with Gasteiger partial charge in [0.1, 0.15) is 0 Å². The van der Waals surface area contributed by atoms with Crippen molar-refractivity contribution in [3.05, 3.63) is 0 Å². The van der Waals surface area contributed by atoms with Gasteiger partial charge in [-0.25, -0.2) is 0 Å². The SMILES string of the molecule is CC(N)COC1CCNC1. The van der Waals surface area contributed by atoms with Crippen molar-refractivity contribution < 1.29 is 4.74 Å². The number of nitrogens with one attached hydrogen (secondary N) is 1. The third-order valence-electron chi connectivity index (χ3n) is 1.61. The smallest absolute Gasteiger partial charge is 0.0712 e. The van der Waals surface area contributed by atoms with E-state index in [9.17, 15) is 0 Å². The Morgan fingerprint density at radius 1 is 1.80 bits per heavy atom. The summed E-state index contributed by atoms with van der Waals surface area (Å²) in [5, 5.41) is 3.23. The van der Waals surface area contributed by atoms with Gasteiger partial charge in [0, 0.05) is 12.6 Å². The van der Waals surface area contributed by atoms with Crippen LogP contribution in [0.1, 0.15) is 13.3 Å². The molecule has 10 heavy (non-hydrogen) atoms. The molecule has 1 heterocycles. The number of ether oxygens (including phenoxy) is 1. The molecule has 1 fully saturated rings. The molecule has 0 aromatic carbocycles. The average Bonchev–Trinajstić information content (AvgIpc) is 2.34. The Hall–Kier alpha value is -0.120. The molecule has 0 saturated carbocycles. The van der Waals surface area contributed by atoms with Crippen molar-refractivity contribution >= 4 is 0 Å². The Morgan fingerprint density at radius 2 is 2.60 bits per heavy atom. The molecule has 0 spiro atoms. The minimum Gasteiger partial charge on any atom is -0.375 e. The fraction of sp³-hybridized carbons (Fsp3) is 1.00. The van der Waals surface area contributed by atoms with Crippen LogP contribution in [-0.2, 0) is 4.74 Å². The molecule has 0 aromatic heterocycles. The molecule has 1 aliphatic heterocycles. The van der Waals surface area contributed by atoms with Gasteiger partial charge in [-0.1, -0.05) is 0 Å². The van der Waals surface area contributed by atoms with Crippen molar-refractivity contribution in [2.24, 2.45) is 5.73 Å². The molecule has 0 bridgehead atoms. The first kappa shape index (κ1) is 7.98. The largest absolute Gasteiger partial charge is 0.375 e. The minimum atomic E-state index is 0.167. The molecule has 3 nitrogen and oxygen atoms in total. The van der Waals surface area contributed by atoms with Crippen LogP contribution in [0.3, 0.4) is 0 Å². The van der Waals surface area contributed by atoms with E-state index in [-0.39, 0.29) is 6.04 Å². The number of hydrogen-bond acceptors (Lipinski definition) is 3. The predicted molar refractivity (Wildman–Crippen MR) is 40.9 cm³/mol. The summed E-state index contributed by atoms with van der Waals surface area (Å²) in [6, 6.07) is 0.167. The highest BCUT2D eigenvalue weighted by Crippen LogP contribution is 2.02. The van der Waals surface area contributed by atoms with E-state index >= 15 is 0 Å². The van der Waals surface area contributed by atoms with Gasteiger partial charge in [0.25, 0.3) is 0 Å². The van der Waals surface area contributed by atoms with E-state index in [0.717, 1.165) is 19.5 Å². The lowest BCUT2D eigenvalue weighted by molar-refractivity contribution is 0.0600.